The van der Waals surface area contributed by atoms with Crippen molar-refractivity contribution in [3.05, 3.63) is 0 Å². The molecule has 0 radical (unpaired) electrons. The quantitative estimate of drug-likeness (QED) is 0.558. The smallest absolute Gasteiger partial charge is 0.0988 e. The zero-order chi connectivity index (χ0) is 11.1. The highest BCUT2D eigenvalue weighted by atomic mass is 28.3. The minimum atomic E-state index is -0.739. The molecule has 15 heavy (non-hydrogen) atoms. The zero-order valence-electron chi connectivity index (χ0n) is 10.6. The van der Waals surface area contributed by atoms with Gasteiger partial charge in [0.15, 0.2) is 0 Å². The summed E-state index contributed by atoms with van der Waals surface area (Å²) in [5, 5.41) is 3.66. The second-order valence-electron chi connectivity index (χ2n) is 4.82. The average molecular weight is 229 g/mol. The van der Waals surface area contributed by atoms with Gasteiger partial charge in [0.05, 0.1) is 14.1 Å². The van der Waals surface area contributed by atoms with Crippen LogP contribution < -0.4 is 5.32 Å². The van der Waals surface area contributed by atoms with Crippen molar-refractivity contribution in [3.63, 3.8) is 0 Å². The van der Waals surface area contributed by atoms with Crippen molar-refractivity contribution in [3.8, 4) is 0 Å². The molecule has 0 aliphatic carbocycles. The van der Waals surface area contributed by atoms with Gasteiger partial charge in [-0.1, -0.05) is 45.2 Å². The van der Waals surface area contributed by atoms with Gasteiger partial charge in [-0.2, -0.15) is 0 Å². The lowest BCUT2D eigenvalue weighted by Gasteiger charge is -2.39. The molecule has 0 aromatic carbocycles. The van der Waals surface area contributed by atoms with Crippen molar-refractivity contribution in [2.75, 3.05) is 13.2 Å². The predicted octanol–water partition coefficient (Wildman–Crippen LogP) is 2.69. The Bertz CT molecular complexity index is 171. The molecule has 1 atom stereocenters. The van der Waals surface area contributed by atoms with Gasteiger partial charge < -0.3 is 4.74 Å². The number of ether oxygens (including phenoxy) is 1. The van der Waals surface area contributed by atoms with E-state index in [2.05, 4.69) is 26.1 Å². The predicted molar refractivity (Wildman–Crippen MR) is 68.9 cm³/mol. The van der Waals surface area contributed by atoms with E-state index in [0.29, 0.717) is 0 Å². The van der Waals surface area contributed by atoms with Crippen molar-refractivity contribution in [2.45, 2.75) is 63.9 Å². The molecule has 1 unspecified atom stereocenters. The van der Waals surface area contributed by atoms with Crippen LogP contribution in [0.4, 0.5) is 0 Å². The third-order valence-corrected chi connectivity index (χ3v) is 7.66. The lowest BCUT2D eigenvalue weighted by Crippen LogP contribution is -2.57. The Kier molecular flexibility index (Phi) is 5.86. The molecule has 90 valence electrons. The normalized spacial score (nSPS) is 22.6. The fourth-order valence-electron chi connectivity index (χ4n) is 2.63. The second kappa shape index (κ2) is 6.66. The Labute approximate surface area is 96.4 Å². The molecule has 0 spiro atoms. The molecule has 1 saturated heterocycles. The number of rotatable bonds is 6. The zero-order valence-corrected chi connectivity index (χ0v) is 11.8. The van der Waals surface area contributed by atoms with E-state index in [4.69, 9.17) is 4.74 Å². The molecule has 1 aliphatic rings. The van der Waals surface area contributed by atoms with Crippen LogP contribution in [0.15, 0.2) is 0 Å². The van der Waals surface area contributed by atoms with E-state index in [-0.39, 0.29) is 5.35 Å². The van der Waals surface area contributed by atoms with E-state index in [1.165, 1.54) is 31.4 Å². The molecule has 0 bridgehead atoms. The van der Waals surface area contributed by atoms with E-state index in [0.717, 1.165) is 19.6 Å². The lowest BCUT2D eigenvalue weighted by atomic mass is 10.3. The van der Waals surface area contributed by atoms with Gasteiger partial charge in [-0.25, -0.2) is 0 Å². The largest absolute Gasteiger partial charge is 0.365 e. The van der Waals surface area contributed by atoms with Gasteiger partial charge in [-0.15, -0.1) is 0 Å². The first-order chi connectivity index (χ1) is 7.23. The Balaban J connectivity index is 2.52. The summed E-state index contributed by atoms with van der Waals surface area (Å²) >= 11 is 0. The first kappa shape index (κ1) is 13.2. The average Bonchev–Trinajstić information content (AvgIpc) is 2.28. The van der Waals surface area contributed by atoms with E-state index in [1.54, 1.807) is 0 Å². The highest BCUT2D eigenvalue weighted by Gasteiger charge is 2.35. The molecule has 0 amide bonds. The molecule has 0 aromatic heterocycles. The maximum Gasteiger partial charge on any atom is 0.0988 e. The summed E-state index contributed by atoms with van der Waals surface area (Å²) in [6.45, 7) is 8.62. The summed E-state index contributed by atoms with van der Waals surface area (Å²) in [6.07, 6.45) is 5.45. The van der Waals surface area contributed by atoms with Gasteiger partial charge in [0.2, 0.25) is 0 Å². The van der Waals surface area contributed by atoms with Crippen LogP contribution in [0.3, 0.4) is 0 Å². The van der Waals surface area contributed by atoms with Gasteiger partial charge in [0.25, 0.3) is 0 Å². The molecule has 1 aliphatic heterocycles. The number of hydrogen-bond acceptors (Lipinski definition) is 2. The number of hydrogen-bond donors (Lipinski definition) is 1. The van der Waals surface area contributed by atoms with Gasteiger partial charge >= 0.3 is 0 Å². The first-order valence-electron chi connectivity index (χ1n) is 6.62. The van der Waals surface area contributed by atoms with E-state index >= 15 is 0 Å². The monoisotopic (exact) mass is 229 g/mol. The summed E-state index contributed by atoms with van der Waals surface area (Å²) in [4.78, 5) is 0. The van der Waals surface area contributed by atoms with Crippen LogP contribution >= 0.6 is 0 Å². The number of nitrogens with one attached hydrogen (secondary N) is 1. The fraction of sp³-hybridized carbons (Fsp3) is 1.00. The van der Waals surface area contributed by atoms with Crippen LogP contribution in [0, 0.1) is 0 Å². The van der Waals surface area contributed by atoms with Gasteiger partial charge in [-0.05, 0) is 19.9 Å². The Morgan fingerprint density at radius 1 is 1.20 bits per heavy atom. The molecule has 1 heterocycles. The third kappa shape index (κ3) is 3.89. The summed E-state index contributed by atoms with van der Waals surface area (Å²) < 4.78 is 6.11. The molecule has 1 fully saturated rings. The topological polar surface area (TPSA) is 21.3 Å². The van der Waals surface area contributed by atoms with Crippen LogP contribution in [-0.4, -0.2) is 27.3 Å². The molecular weight excluding hydrogens is 202 g/mol. The van der Waals surface area contributed by atoms with E-state index in [1.807, 2.05) is 0 Å². The van der Waals surface area contributed by atoms with Crippen molar-refractivity contribution in [2.24, 2.45) is 0 Å². The highest BCUT2D eigenvalue weighted by molar-refractivity contribution is 6.62. The van der Waals surface area contributed by atoms with Gasteiger partial charge in [0, 0.05) is 6.61 Å². The Morgan fingerprint density at radius 2 is 1.87 bits per heavy atom. The summed E-state index contributed by atoms with van der Waals surface area (Å²) in [5.74, 6) is 0. The summed E-state index contributed by atoms with van der Waals surface area (Å²) in [7, 11) is -0.739. The molecule has 3 heteroatoms. The van der Waals surface area contributed by atoms with Crippen LogP contribution in [0.1, 0.15) is 46.5 Å². The van der Waals surface area contributed by atoms with Crippen LogP contribution in [0.5, 0.6) is 0 Å². The molecule has 1 N–H and O–H groups in total. The maximum atomic E-state index is 6.11. The Morgan fingerprint density at radius 3 is 2.40 bits per heavy atom. The summed E-state index contributed by atoms with van der Waals surface area (Å²) in [6, 6.07) is 2.93. The molecular formula is C12H27NOSi. The third-order valence-electron chi connectivity index (χ3n) is 3.52. The lowest BCUT2D eigenvalue weighted by molar-refractivity contribution is 0.00174. The SMILES string of the molecule is CCCOC(C)(NCC)[SiH]1CCCCC1. The van der Waals surface area contributed by atoms with E-state index < -0.39 is 8.80 Å². The van der Waals surface area contributed by atoms with E-state index in [9.17, 15) is 0 Å². The Hall–Kier alpha value is 0.137. The van der Waals surface area contributed by atoms with Crippen molar-refractivity contribution in [1.82, 2.24) is 5.32 Å². The minimum absolute atomic E-state index is 0.0607. The summed E-state index contributed by atoms with van der Waals surface area (Å²) in [5.41, 5.74) is 0. The van der Waals surface area contributed by atoms with Crippen LogP contribution in [-0.2, 0) is 4.74 Å². The highest BCUT2D eigenvalue weighted by Crippen LogP contribution is 2.27. The van der Waals surface area contributed by atoms with Crippen molar-refractivity contribution in [1.29, 1.82) is 0 Å². The molecule has 0 saturated carbocycles. The van der Waals surface area contributed by atoms with Gasteiger partial charge in [0.1, 0.15) is 0 Å². The first-order valence-corrected chi connectivity index (χ1v) is 8.83. The van der Waals surface area contributed by atoms with Crippen LogP contribution in [0.25, 0.3) is 0 Å². The molecule has 1 rings (SSSR count). The molecule has 2 nitrogen and oxygen atoms in total. The van der Waals surface area contributed by atoms with Crippen LogP contribution in [0.2, 0.25) is 12.1 Å². The maximum absolute atomic E-state index is 6.11. The fourth-order valence-corrected chi connectivity index (χ4v) is 6.43. The molecule has 0 aromatic rings. The van der Waals surface area contributed by atoms with Crippen molar-refractivity contribution < 1.29 is 4.74 Å². The second-order valence-corrected chi connectivity index (χ2v) is 8.47. The standard InChI is InChI=1S/C12H27NOSi/c1-4-9-14-12(3,13-5-2)15-10-7-6-8-11-15/h13,15H,4-11H2,1-3H3. The minimum Gasteiger partial charge on any atom is -0.365 e. The van der Waals surface area contributed by atoms with Gasteiger partial charge in [-0.3, -0.25) is 5.32 Å². The van der Waals surface area contributed by atoms with Crippen molar-refractivity contribution >= 4 is 8.80 Å².